The number of nitrogens with zero attached hydrogens (tertiary/aromatic N) is 4. The van der Waals surface area contributed by atoms with Gasteiger partial charge in [-0.2, -0.15) is 0 Å². The zero-order valence-electron chi connectivity index (χ0n) is 15.9. The molecule has 148 valence electrons. The lowest BCUT2D eigenvalue weighted by molar-refractivity contribution is 0.169. The number of ether oxygens (including phenoxy) is 1. The average molecular weight is 485 g/mol. The van der Waals surface area contributed by atoms with Crippen LogP contribution in [0.2, 0.25) is 0 Å². The zero-order valence-corrected chi connectivity index (χ0v) is 18.3. The molecule has 0 amide bonds. The van der Waals surface area contributed by atoms with Gasteiger partial charge in [0.15, 0.2) is 5.96 Å². The van der Waals surface area contributed by atoms with E-state index in [4.69, 9.17) is 14.3 Å². The van der Waals surface area contributed by atoms with E-state index >= 15 is 0 Å². The minimum atomic E-state index is 0. The second kappa shape index (κ2) is 11.1. The zero-order chi connectivity index (χ0) is 18.2. The minimum absolute atomic E-state index is 0. The van der Waals surface area contributed by atoms with Crippen LogP contribution in [0.25, 0.3) is 0 Å². The first-order valence-corrected chi connectivity index (χ1v) is 9.06. The number of rotatable bonds is 6. The third-order valence-corrected chi connectivity index (χ3v) is 4.45. The molecule has 1 saturated heterocycles. The van der Waals surface area contributed by atoms with Gasteiger partial charge in [-0.05, 0) is 24.6 Å². The van der Waals surface area contributed by atoms with Gasteiger partial charge in [0.05, 0.1) is 19.3 Å². The summed E-state index contributed by atoms with van der Waals surface area (Å²) in [5, 5.41) is 7.40. The van der Waals surface area contributed by atoms with Crippen LogP contribution < -0.4 is 10.1 Å². The van der Waals surface area contributed by atoms with Crippen molar-refractivity contribution in [3.05, 3.63) is 47.9 Å². The van der Waals surface area contributed by atoms with Crippen molar-refractivity contribution in [2.75, 3.05) is 39.8 Å². The summed E-state index contributed by atoms with van der Waals surface area (Å²) < 4.78 is 10.1. The lowest BCUT2D eigenvalue weighted by Gasteiger charge is -2.36. The van der Waals surface area contributed by atoms with Gasteiger partial charge >= 0.3 is 0 Å². The van der Waals surface area contributed by atoms with Crippen molar-refractivity contribution in [2.24, 2.45) is 4.99 Å². The van der Waals surface area contributed by atoms with Crippen LogP contribution in [0, 0.1) is 0 Å². The second-order valence-corrected chi connectivity index (χ2v) is 6.27. The Labute approximate surface area is 177 Å². The number of hydrogen-bond acceptors (Lipinski definition) is 5. The number of halogens is 1. The van der Waals surface area contributed by atoms with Gasteiger partial charge in [-0.25, -0.2) is 4.99 Å². The lowest BCUT2D eigenvalue weighted by atomic mass is 10.2. The molecule has 0 unspecified atom stereocenters. The second-order valence-electron chi connectivity index (χ2n) is 6.27. The monoisotopic (exact) mass is 485 g/mol. The van der Waals surface area contributed by atoms with Crippen LogP contribution in [0.1, 0.15) is 18.2 Å². The predicted molar refractivity (Wildman–Crippen MR) is 117 cm³/mol. The maximum atomic E-state index is 5.20. The average Bonchev–Trinajstić information content (AvgIpc) is 3.19. The Kier molecular flexibility index (Phi) is 8.86. The van der Waals surface area contributed by atoms with Crippen LogP contribution in [0.4, 0.5) is 0 Å². The van der Waals surface area contributed by atoms with E-state index in [1.165, 1.54) is 5.56 Å². The van der Waals surface area contributed by atoms with Gasteiger partial charge in [-0.15, -0.1) is 24.0 Å². The summed E-state index contributed by atoms with van der Waals surface area (Å²) in [6, 6.07) is 9.98. The van der Waals surface area contributed by atoms with Gasteiger partial charge in [0.2, 0.25) is 0 Å². The summed E-state index contributed by atoms with van der Waals surface area (Å²) in [5.41, 5.74) is 2.16. The highest BCUT2D eigenvalue weighted by molar-refractivity contribution is 14.0. The molecule has 0 spiro atoms. The van der Waals surface area contributed by atoms with E-state index in [9.17, 15) is 0 Å². The molecule has 7 nitrogen and oxygen atoms in total. The van der Waals surface area contributed by atoms with Crippen LogP contribution in [0.3, 0.4) is 0 Å². The molecular weight excluding hydrogens is 457 g/mol. The number of guanidine groups is 1. The molecule has 1 aromatic heterocycles. The van der Waals surface area contributed by atoms with Crippen molar-refractivity contribution in [3.63, 3.8) is 0 Å². The quantitative estimate of drug-likeness (QED) is 0.386. The Hall–Kier alpha value is -1.81. The predicted octanol–water partition coefficient (Wildman–Crippen LogP) is 2.58. The third kappa shape index (κ3) is 6.39. The number of aromatic nitrogens is 1. The highest BCUT2D eigenvalue weighted by Crippen LogP contribution is 2.12. The number of benzene rings is 1. The molecule has 0 saturated carbocycles. The maximum Gasteiger partial charge on any atom is 0.194 e. The van der Waals surface area contributed by atoms with Crippen molar-refractivity contribution in [1.82, 2.24) is 20.3 Å². The molecule has 27 heavy (non-hydrogen) atoms. The van der Waals surface area contributed by atoms with Gasteiger partial charge in [0.25, 0.3) is 0 Å². The molecule has 1 aromatic carbocycles. The molecule has 0 bridgehead atoms. The van der Waals surface area contributed by atoms with Crippen molar-refractivity contribution in [3.8, 4) is 5.75 Å². The Morgan fingerprint density at radius 3 is 2.52 bits per heavy atom. The Morgan fingerprint density at radius 1 is 1.19 bits per heavy atom. The lowest BCUT2D eigenvalue weighted by Crippen LogP contribution is -2.52. The smallest absolute Gasteiger partial charge is 0.194 e. The van der Waals surface area contributed by atoms with E-state index in [1.807, 2.05) is 18.2 Å². The van der Waals surface area contributed by atoms with Gasteiger partial charge in [-0.3, -0.25) is 4.90 Å². The molecule has 0 atom stereocenters. The Balaban J connectivity index is 0.00000261. The van der Waals surface area contributed by atoms with Crippen molar-refractivity contribution in [1.29, 1.82) is 0 Å². The molecule has 2 heterocycles. The summed E-state index contributed by atoms with van der Waals surface area (Å²) in [4.78, 5) is 9.52. The van der Waals surface area contributed by atoms with Gasteiger partial charge in [0.1, 0.15) is 12.0 Å². The van der Waals surface area contributed by atoms with Crippen LogP contribution >= 0.6 is 24.0 Å². The first-order valence-electron chi connectivity index (χ1n) is 9.06. The van der Waals surface area contributed by atoms with Crippen LogP contribution in [-0.4, -0.2) is 60.7 Å². The molecule has 8 heteroatoms. The minimum Gasteiger partial charge on any atom is -0.497 e. The van der Waals surface area contributed by atoms with E-state index in [0.717, 1.165) is 56.7 Å². The highest BCUT2D eigenvalue weighted by Gasteiger charge is 2.20. The number of piperazine rings is 1. The molecule has 1 aliphatic rings. The third-order valence-electron chi connectivity index (χ3n) is 4.45. The molecule has 3 rings (SSSR count). The van der Waals surface area contributed by atoms with Gasteiger partial charge in [-0.1, -0.05) is 17.3 Å². The standard InChI is InChI=1S/C19H27N5O2.HI/c1-3-20-19(21-14-16-4-6-18(25-2)7-5-16)24-11-9-23(10-12-24)15-17-8-13-26-22-17;/h4-8,13H,3,9-12,14-15H2,1-2H3,(H,20,21);1H. The highest BCUT2D eigenvalue weighted by atomic mass is 127. The summed E-state index contributed by atoms with van der Waals surface area (Å²) in [6.07, 6.45) is 1.63. The van der Waals surface area contributed by atoms with Crippen LogP contribution in [0.15, 0.2) is 46.1 Å². The number of methoxy groups -OCH3 is 1. The first kappa shape index (κ1) is 21.5. The van der Waals surface area contributed by atoms with Crippen molar-refractivity contribution >= 4 is 29.9 Å². The summed E-state index contributed by atoms with van der Waals surface area (Å²) in [7, 11) is 1.68. The number of aliphatic imine (C=N–C) groups is 1. The van der Waals surface area contributed by atoms with E-state index in [-0.39, 0.29) is 24.0 Å². The number of hydrogen-bond donors (Lipinski definition) is 1. The SMILES string of the molecule is CCNC(=NCc1ccc(OC)cc1)N1CCN(Cc2ccon2)CC1.I. The maximum absolute atomic E-state index is 5.20. The van der Waals surface area contributed by atoms with Crippen molar-refractivity contribution < 1.29 is 9.26 Å². The normalized spacial score (nSPS) is 15.3. The fourth-order valence-electron chi connectivity index (χ4n) is 2.99. The van der Waals surface area contributed by atoms with Gasteiger partial charge in [0, 0.05) is 45.3 Å². The molecule has 1 fully saturated rings. The topological polar surface area (TPSA) is 66.1 Å². The molecule has 1 aliphatic heterocycles. The molecule has 1 N–H and O–H groups in total. The summed E-state index contributed by atoms with van der Waals surface area (Å²) in [6.45, 7) is 8.33. The van der Waals surface area contributed by atoms with Gasteiger partial charge < -0.3 is 19.5 Å². The van der Waals surface area contributed by atoms with Crippen molar-refractivity contribution in [2.45, 2.75) is 20.0 Å². The first-order chi connectivity index (χ1) is 12.8. The summed E-state index contributed by atoms with van der Waals surface area (Å²) in [5.74, 6) is 1.84. The molecular formula is C19H28IN5O2. The Morgan fingerprint density at radius 2 is 1.93 bits per heavy atom. The summed E-state index contributed by atoms with van der Waals surface area (Å²) >= 11 is 0. The fraction of sp³-hybridized carbons (Fsp3) is 0.474. The van der Waals surface area contributed by atoms with E-state index in [2.05, 4.69) is 39.3 Å². The van der Waals surface area contributed by atoms with E-state index in [1.54, 1.807) is 13.4 Å². The van der Waals surface area contributed by atoms with Crippen LogP contribution in [-0.2, 0) is 13.1 Å². The van der Waals surface area contributed by atoms with E-state index < -0.39 is 0 Å². The molecule has 0 radical (unpaired) electrons. The Bertz CT molecular complexity index is 683. The fourth-order valence-corrected chi connectivity index (χ4v) is 2.99. The van der Waals surface area contributed by atoms with E-state index in [0.29, 0.717) is 6.54 Å². The molecule has 2 aromatic rings. The number of nitrogens with one attached hydrogen (secondary N) is 1. The van der Waals surface area contributed by atoms with Crippen LogP contribution in [0.5, 0.6) is 5.75 Å². The molecule has 0 aliphatic carbocycles. The largest absolute Gasteiger partial charge is 0.497 e.